The molecule has 1 saturated heterocycles. The van der Waals surface area contributed by atoms with Crippen LogP contribution in [0.5, 0.6) is 0 Å². The topological polar surface area (TPSA) is 90.5 Å². The van der Waals surface area contributed by atoms with E-state index in [0.717, 1.165) is 12.1 Å². The van der Waals surface area contributed by atoms with Crippen molar-refractivity contribution < 1.29 is 27.9 Å². The third kappa shape index (κ3) is 4.21. The molecule has 4 atom stereocenters. The number of hydrogen-bond acceptors (Lipinski definition) is 4. The van der Waals surface area contributed by atoms with E-state index in [1.165, 1.54) is 18.2 Å². The van der Waals surface area contributed by atoms with Crippen molar-refractivity contribution in [2.24, 2.45) is 5.41 Å². The molecule has 2 aromatic rings. The molecule has 198 valence electrons. The van der Waals surface area contributed by atoms with Crippen LogP contribution in [0, 0.1) is 22.9 Å². The first-order valence-electron chi connectivity index (χ1n) is 12.3. The van der Waals surface area contributed by atoms with Crippen LogP contribution in [0.25, 0.3) is 0 Å². The van der Waals surface area contributed by atoms with E-state index in [-0.39, 0.29) is 33.3 Å². The van der Waals surface area contributed by atoms with Gasteiger partial charge in [0.1, 0.15) is 11.2 Å². The zero-order chi connectivity index (χ0) is 26.9. The highest BCUT2D eigenvalue weighted by Gasteiger charge is 2.66. The van der Waals surface area contributed by atoms with E-state index in [9.17, 15) is 23.5 Å². The highest BCUT2D eigenvalue weighted by atomic mass is 35.5. The minimum atomic E-state index is -1.64. The van der Waals surface area contributed by atoms with Gasteiger partial charge >= 0.3 is 0 Å². The molecule has 0 unspecified atom stereocenters. The molecule has 2 heterocycles. The van der Waals surface area contributed by atoms with Crippen LogP contribution in [-0.4, -0.2) is 41.2 Å². The van der Waals surface area contributed by atoms with Crippen LogP contribution in [0.15, 0.2) is 30.3 Å². The first-order valence-corrected chi connectivity index (χ1v) is 12.7. The molecule has 1 spiro atoms. The summed E-state index contributed by atoms with van der Waals surface area (Å²) in [5.74, 6) is -5.30. The van der Waals surface area contributed by atoms with Crippen molar-refractivity contribution in [3.63, 3.8) is 0 Å². The van der Waals surface area contributed by atoms with Crippen LogP contribution in [0.3, 0.4) is 0 Å². The van der Waals surface area contributed by atoms with Gasteiger partial charge in [0.05, 0.1) is 17.2 Å². The maximum absolute atomic E-state index is 15.4. The van der Waals surface area contributed by atoms with Gasteiger partial charge in [0.15, 0.2) is 11.6 Å². The highest BCUT2D eigenvalue weighted by molar-refractivity contribution is 6.31. The largest absolute Gasteiger partial charge is 0.393 e. The number of halogens is 4. The molecule has 5 rings (SSSR count). The molecule has 2 aliphatic heterocycles. The first kappa shape index (κ1) is 26.0. The number of aliphatic hydroxyl groups excluding tert-OH is 1. The van der Waals surface area contributed by atoms with Gasteiger partial charge in [-0.05, 0) is 54.0 Å². The van der Waals surface area contributed by atoms with Crippen LogP contribution < -0.4 is 16.0 Å². The van der Waals surface area contributed by atoms with Crippen LogP contribution >= 0.6 is 11.6 Å². The Labute approximate surface area is 218 Å². The van der Waals surface area contributed by atoms with Gasteiger partial charge in [0.2, 0.25) is 11.8 Å². The maximum atomic E-state index is 15.4. The van der Waals surface area contributed by atoms with Gasteiger partial charge in [0.25, 0.3) is 0 Å². The molecule has 37 heavy (non-hydrogen) atoms. The molecule has 0 radical (unpaired) electrons. The van der Waals surface area contributed by atoms with Gasteiger partial charge in [-0.3, -0.25) is 9.59 Å². The van der Waals surface area contributed by atoms with E-state index >= 15 is 4.39 Å². The summed E-state index contributed by atoms with van der Waals surface area (Å²) in [4.78, 5) is 27.6. The molecule has 2 amide bonds. The average molecular weight is 536 g/mol. The monoisotopic (exact) mass is 535 g/mol. The summed E-state index contributed by atoms with van der Waals surface area (Å²) >= 11 is 6.01. The lowest BCUT2D eigenvalue weighted by atomic mass is 9.62. The Balaban J connectivity index is 1.73. The predicted octanol–water partition coefficient (Wildman–Crippen LogP) is 4.15. The smallest absolute Gasteiger partial charge is 0.238 e. The van der Waals surface area contributed by atoms with Crippen LogP contribution in [0.4, 0.5) is 18.9 Å². The number of fused-ring (bicyclic) bond motifs is 2. The zero-order valence-corrected chi connectivity index (χ0v) is 21.4. The number of amides is 2. The third-order valence-electron chi connectivity index (χ3n) is 7.76. The van der Waals surface area contributed by atoms with E-state index in [0.29, 0.717) is 19.3 Å². The Kier molecular flexibility index (Phi) is 6.32. The predicted molar refractivity (Wildman–Crippen MR) is 133 cm³/mol. The summed E-state index contributed by atoms with van der Waals surface area (Å²) in [5, 5.41) is 18.4. The number of rotatable bonds is 4. The molecule has 3 aliphatic rings. The lowest BCUT2D eigenvalue weighted by molar-refractivity contribution is -0.125. The first-order chi connectivity index (χ1) is 17.3. The summed E-state index contributed by atoms with van der Waals surface area (Å²) in [6.45, 7) is 5.87. The van der Waals surface area contributed by atoms with Crippen molar-refractivity contribution in [3.8, 4) is 0 Å². The molecular formula is C27H29ClF3N3O3. The van der Waals surface area contributed by atoms with E-state index < -0.39 is 58.8 Å². The molecule has 6 nitrogen and oxygen atoms in total. The number of nitrogens with one attached hydrogen (secondary N) is 3. The van der Waals surface area contributed by atoms with Crippen LogP contribution in [-0.2, 0) is 15.0 Å². The molecule has 1 saturated carbocycles. The quantitative estimate of drug-likeness (QED) is 0.473. The molecule has 10 heteroatoms. The fourth-order valence-corrected chi connectivity index (χ4v) is 6.32. The Morgan fingerprint density at radius 1 is 1.19 bits per heavy atom. The van der Waals surface area contributed by atoms with Crippen molar-refractivity contribution in [1.82, 2.24) is 10.6 Å². The molecule has 0 bridgehead atoms. The fraction of sp³-hybridized carbons (Fsp3) is 0.481. The van der Waals surface area contributed by atoms with Crippen molar-refractivity contribution in [2.45, 2.75) is 75.6 Å². The Morgan fingerprint density at radius 3 is 2.54 bits per heavy atom. The number of benzene rings is 2. The Bertz CT molecular complexity index is 1280. The number of anilines is 1. The van der Waals surface area contributed by atoms with Crippen molar-refractivity contribution in [3.05, 3.63) is 63.9 Å². The number of carbonyl (C=O) groups excluding carboxylic acids is 2. The Hall–Kier alpha value is -2.62. The zero-order valence-electron chi connectivity index (χ0n) is 20.7. The second-order valence-corrected chi connectivity index (χ2v) is 12.0. The van der Waals surface area contributed by atoms with Crippen molar-refractivity contribution in [1.29, 1.82) is 0 Å². The molecule has 1 aliphatic carbocycles. The molecule has 2 aromatic carbocycles. The van der Waals surface area contributed by atoms with Crippen LogP contribution in [0.2, 0.25) is 5.02 Å². The summed E-state index contributed by atoms with van der Waals surface area (Å²) in [6.07, 6.45) is 0.601. The van der Waals surface area contributed by atoms with E-state index in [1.807, 2.05) is 20.8 Å². The third-order valence-corrected chi connectivity index (χ3v) is 8.05. The normalized spacial score (nSPS) is 30.7. The number of carbonyl (C=O) groups is 2. The molecular weight excluding hydrogens is 507 g/mol. The van der Waals surface area contributed by atoms with Crippen LogP contribution in [0.1, 0.15) is 57.1 Å². The second-order valence-electron chi connectivity index (χ2n) is 11.5. The Morgan fingerprint density at radius 2 is 1.89 bits per heavy atom. The average Bonchev–Trinajstić information content (AvgIpc) is 3.24. The molecule has 2 fully saturated rings. The summed E-state index contributed by atoms with van der Waals surface area (Å²) in [7, 11) is 0. The van der Waals surface area contributed by atoms with Gasteiger partial charge < -0.3 is 21.1 Å². The summed E-state index contributed by atoms with van der Waals surface area (Å²) < 4.78 is 44.8. The second kappa shape index (κ2) is 8.99. The van der Waals surface area contributed by atoms with E-state index in [2.05, 4.69) is 16.0 Å². The lowest BCUT2D eigenvalue weighted by Crippen LogP contribution is -2.53. The summed E-state index contributed by atoms with van der Waals surface area (Å²) in [6, 6.07) is 3.95. The minimum Gasteiger partial charge on any atom is -0.393 e. The van der Waals surface area contributed by atoms with Crippen molar-refractivity contribution >= 4 is 29.1 Å². The summed E-state index contributed by atoms with van der Waals surface area (Å²) in [5.41, 5.74) is -1.64. The maximum Gasteiger partial charge on any atom is 0.238 e. The van der Waals surface area contributed by atoms with Gasteiger partial charge in [-0.1, -0.05) is 44.5 Å². The lowest BCUT2D eigenvalue weighted by Gasteiger charge is -2.38. The standard InChI is InChI=1S/C27H29ClF3N3O3/c1-26(2,3)11-20-27(15-9-18(30)16(28)10-19(15)33-25(27)37)21(14-5-4-6-17(29)22(14)31)23(34-20)24(36)32-12-7-13(35)8-12/h4-6,9-10,12-13,20-21,23,34-35H,7-8,11H2,1-3H3,(H,32,36)(H,33,37)/t12?,13?,20-,21+,23-,27+/m1/s1. The van der Waals surface area contributed by atoms with Gasteiger partial charge in [-0.15, -0.1) is 0 Å². The SMILES string of the molecule is CC(C)(C)C[C@H]1N[C@@H](C(=O)NC2CC(O)C2)[C@H](c2cccc(F)c2F)[C@@]12C(=O)Nc1cc(Cl)c(F)cc12. The highest BCUT2D eigenvalue weighted by Crippen LogP contribution is 2.57. The van der Waals surface area contributed by atoms with Gasteiger partial charge in [-0.2, -0.15) is 0 Å². The van der Waals surface area contributed by atoms with Crippen molar-refractivity contribution in [2.75, 3.05) is 5.32 Å². The number of hydrogen-bond donors (Lipinski definition) is 4. The molecule has 0 aromatic heterocycles. The van der Waals surface area contributed by atoms with Gasteiger partial charge in [0, 0.05) is 23.7 Å². The fourth-order valence-electron chi connectivity index (χ4n) is 6.16. The van der Waals surface area contributed by atoms with E-state index in [4.69, 9.17) is 11.6 Å². The van der Waals surface area contributed by atoms with E-state index in [1.54, 1.807) is 0 Å². The number of aliphatic hydroxyl groups is 1. The molecule has 4 N–H and O–H groups in total. The minimum absolute atomic E-state index is 0.156. The van der Waals surface area contributed by atoms with Gasteiger partial charge in [-0.25, -0.2) is 13.2 Å².